The average molecular weight is 253 g/mol. The maximum absolute atomic E-state index is 12.3. The summed E-state index contributed by atoms with van der Waals surface area (Å²) < 4.78 is 5.39. The fourth-order valence-electron chi connectivity index (χ4n) is 3.64. The highest BCUT2D eigenvalue weighted by Crippen LogP contribution is 2.58. The molecule has 1 saturated heterocycles. The van der Waals surface area contributed by atoms with E-state index in [1.807, 2.05) is 4.90 Å². The molecule has 100 valence electrons. The number of hydrogen-bond donors (Lipinski definition) is 1. The zero-order valence-corrected chi connectivity index (χ0v) is 10.4. The van der Waals surface area contributed by atoms with Crippen LogP contribution in [0, 0.1) is 17.8 Å². The molecule has 5 nitrogen and oxygen atoms in total. The molecule has 18 heavy (non-hydrogen) atoms. The molecule has 1 heterocycles. The van der Waals surface area contributed by atoms with Crippen LogP contribution in [0.4, 0.5) is 0 Å². The number of nitrogens with zero attached hydrogens (tertiary/aromatic N) is 1. The van der Waals surface area contributed by atoms with E-state index in [9.17, 15) is 9.59 Å². The second-order valence-electron chi connectivity index (χ2n) is 5.66. The van der Waals surface area contributed by atoms with Crippen molar-refractivity contribution in [2.75, 3.05) is 19.7 Å². The molecular weight excluding hydrogens is 234 g/mol. The van der Waals surface area contributed by atoms with Gasteiger partial charge in [0.05, 0.1) is 19.1 Å². The highest BCUT2D eigenvalue weighted by molar-refractivity contribution is 5.82. The number of rotatable bonds is 3. The van der Waals surface area contributed by atoms with E-state index in [0.29, 0.717) is 31.5 Å². The molecule has 3 rings (SSSR count). The Morgan fingerprint density at radius 3 is 2.67 bits per heavy atom. The molecule has 5 heteroatoms. The topological polar surface area (TPSA) is 66.8 Å². The molecule has 3 fully saturated rings. The SMILES string of the molecule is O=C(O)C[C@@H]1CN(C(=O)C2[C@@H]3CCC[C@@H]23)CCO1. The van der Waals surface area contributed by atoms with Crippen molar-refractivity contribution in [3.05, 3.63) is 0 Å². The summed E-state index contributed by atoms with van der Waals surface area (Å²) in [4.78, 5) is 24.8. The van der Waals surface area contributed by atoms with Crippen molar-refractivity contribution in [3.63, 3.8) is 0 Å². The number of morpholine rings is 1. The number of ether oxygens (including phenoxy) is 1. The first kappa shape index (κ1) is 12.0. The van der Waals surface area contributed by atoms with Crippen LogP contribution < -0.4 is 0 Å². The Kier molecular flexibility index (Phi) is 3.01. The van der Waals surface area contributed by atoms with Gasteiger partial charge in [-0.05, 0) is 24.7 Å². The van der Waals surface area contributed by atoms with Gasteiger partial charge in [-0.2, -0.15) is 0 Å². The molecule has 1 N–H and O–H groups in total. The molecule has 1 aliphatic heterocycles. The number of carboxylic acid groups (broad SMARTS) is 1. The third-order valence-electron chi connectivity index (χ3n) is 4.54. The summed E-state index contributed by atoms with van der Waals surface area (Å²) in [6.45, 7) is 1.53. The van der Waals surface area contributed by atoms with Gasteiger partial charge in [0.25, 0.3) is 0 Å². The van der Waals surface area contributed by atoms with Crippen LogP contribution in [-0.4, -0.2) is 47.7 Å². The number of hydrogen-bond acceptors (Lipinski definition) is 3. The van der Waals surface area contributed by atoms with Crippen LogP contribution in [0.2, 0.25) is 0 Å². The van der Waals surface area contributed by atoms with Gasteiger partial charge in [-0.25, -0.2) is 0 Å². The average Bonchev–Trinajstić information content (AvgIpc) is 2.80. The first-order chi connectivity index (χ1) is 8.66. The minimum Gasteiger partial charge on any atom is -0.481 e. The highest BCUT2D eigenvalue weighted by Gasteiger charge is 2.57. The highest BCUT2D eigenvalue weighted by atomic mass is 16.5. The molecular formula is C13H19NO4. The lowest BCUT2D eigenvalue weighted by molar-refractivity contribution is -0.148. The third kappa shape index (κ3) is 2.11. The van der Waals surface area contributed by atoms with Crippen LogP contribution in [0.25, 0.3) is 0 Å². The second-order valence-corrected chi connectivity index (χ2v) is 5.66. The van der Waals surface area contributed by atoms with Crippen molar-refractivity contribution in [1.29, 1.82) is 0 Å². The van der Waals surface area contributed by atoms with Gasteiger partial charge in [0.1, 0.15) is 0 Å². The first-order valence-electron chi connectivity index (χ1n) is 6.79. The predicted molar refractivity (Wildman–Crippen MR) is 62.9 cm³/mol. The summed E-state index contributed by atoms with van der Waals surface area (Å²) >= 11 is 0. The van der Waals surface area contributed by atoms with Crippen LogP contribution in [0.3, 0.4) is 0 Å². The summed E-state index contributed by atoms with van der Waals surface area (Å²) in [6, 6.07) is 0. The fraction of sp³-hybridized carbons (Fsp3) is 0.846. The Bertz CT molecular complexity index is 360. The molecule has 0 unspecified atom stereocenters. The Morgan fingerprint density at radius 2 is 2.00 bits per heavy atom. The summed E-state index contributed by atoms with van der Waals surface area (Å²) in [6.07, 6.45) is 3.32. The van der Waals surface area contributed by atoms with E-state index in [2.05, 4.69) is 0 Å². The lowest BCUT2D eigenvalue weighted by Gasteiger charge is -2.32. The minimum absolute atomic E-state index is 0.0126. The molecule has 0 bridgehead atoms. The predicted octanol–water partition coefficient (Wildman–Crippen LogP) is 0.735. The maximum Gasteiger partial charge on any atom is 0.306 e. The van der Waals surface area contributed by atoms with Crippen LogP contribution in [0.1, 0.15) is 25.7 Å². The van der Waals surface area contributed by atoms with Crippen LogP contribution >= 0.6 is 0 Å². The van der Waals surface area contributed by atoms with Crippen LogP contribution in [-0.2, 0) is 14.3 Å². The number of carbonyl (C=O) groups is 2. The van der Waals surface area contributed by atoms with E-state index >= 15 is 0 Å². The molecule has 3 atom stereocenters. The molecule has 2 saturated carbocycles. The lowest BCUT2D eigenvalue weighted by atomic mass is 10.1. The van der Waals surface area contributed by atoms with Crippen LogP contribution in [0.15, 0.2) is 0 Å². The van der Waals surface area contributed by atoms with Crippen molar-refractivity contribution < 1.29 is 19.4 Å². The Hall–Kier alpha value is -1.10. The molecule has 0 aromatic heterocycles. The van der Waals surface area contributed by atoms with Crippen LogP contribution in [0.5, 0.6) is 0 Å². The maximum atomic E-state index is 12.3. The van der Waals surface area contributed by atoms with Gasteiger partial charge in [-0.3, -0.25) is 9.59 Å². The molecule has 2 aliphatic carbocycles. The fourth-order valence-corrected chi connectivity index (χ4v) is 3.64. The van der Waals surface area contributed by atoms with Crippen molar-refractivity contribution in [2.24, 2.45) is 17.8 Å². The van der Waals surface area contributed by atoms with Gasteiger partial charge in [0.15, 0.2) is 0 Å². The summed E-state index contributed by atoms with van der Waals surface area (Å²) in [5.74, 6) is 0.861. The molecule has 3 aliphatic rings. The second kappa shape index (κ2) is 4.53. The van der Waals surface area contributed by atoms with Gasteiger partial charge in [0.2, 0.25) is 5.91 Å². The standard InChI is InChI=1S/C13H19NO4/c15-11(16)6-8-7-14(4-5-18-8)13(17)12-9-2-1-3-10(9)12/h8-10,12H,1-7H2,(H,15,16)/t8-,9-,10-/m1/s1. The van der Waals surface area contributed by atoms with Crippen molar-refractivity contribution >= 4 is 11.9 Å². The van der Waals surface area contributed by atoms with E-state index in [1.165, 1.54) is 19.3 Å². The largest absolute Gasteiger partial charge is 0.481 e. The normalized spacial score (nSPS) is 38.3. The molecule has 0 aromatic carbocycles. The number of fused-ring (bicyclic) bond motifs is 1. The van der Waals surface area contributed by atoms with Gasteiger partial charge >= 0.3 is 5.97 Å². The quantitative estimate of drug-likeness (QED) is 0.805. The summed E-state index contributed by atoms with van der Waals surface area (Å²) in [5, 5.41) is 8.76. The van der Waals surface area contributed by atoms with Gasteiger partial charge in [0, 0.05) is 19.0 Å². The monoisotopic (exact) mass is 253 g/mol. The molecule has 1 amide bonds. The van der Waals surface area contributed by atoms with Gasteiger partial charge in [-0.15, -0.1) is 0 Å². The minimum atomic E-state index is -0.863. The van der Waals surface area contributed by atoms with E-state index in [4.69, 9.17) is 9.84 Å². The van der Waals surface area contributed by atoms with E-state index in [1.54, 1.807) is 0 Å². The number of aliphatic carboxylic acids is 1. The Labute approximate surface area is 106 Å². The molecule has 0 radical (unpaired) electrons. The smallest absolute Gasteiger partial charge is 0.306 e. The zero-order chi connectivity index (χ0) is 12.7. The first-order valence-corrected chi connectivity index (χ1v) is 6.79. The lowest BCUT2D eigenvalue weighted by Crippen LogP contribution is -2.47. The number of carboxylic acids is 1. The van der Waals surface area contributed by atoms with Gasteiger partial charge < -0.3 is 14.7 Å². The molecule has 0 aromatic rings. The number of amides is 1. The zero-order valence-electron chi connectivity index (χ0n) is 10.4. The van der Waals surface area contributed by atoms with Gasteiger partial charge in [-0.1, -0.05) is 6.42 Å². The molecule has 0 spiro atoms. The van der Waals surface area contributed by atoms with E-state index in [-0.39, 0.29) is 24.3 Å². The van der Waals surface area contributed by atoms with E-state index in [0.717, 1.165) is 0 Å². The number of carbonyl (C=O) groups excluding carboxylic acids is 1. The van der Waals surface area contributed by atoms with E-state index < -0.39 is 5.97 Å². The van der Waals surface area contributed by atoms with Crippen molar-refractivity contribution in [1.82, 2.24) is 4.90 Å². The summed E-state index contributed by atoms with van der Waals surface area (Å²) in [7, 11) is 0. The Balaban J connectivity index is 1.55. The Morgan fingerprint density at radius 1 is 1.28 bits per heavy atom. The summed E-state index contributed by atoms with van der Waals surface area (Å²) in [5.41, 5.74) is 0. The third-order valence-corrected chi connectivity index (χ3v) is 4.54. The van der Waals surface area contributed by atoms with Crippen molar-refractivity contribution in [3.8, 4) is 0 Å². The van der Waals surface area contributed by atoms with Crippen molar-refractivity contribution in [2.45, 2.75) is 31.8 Å².